The second kappa shape index (κ2) is 6.68. The van der Waals surface area contributed by atoms with Crippen LogP contribution in [0.4, 0.5) is 5.69 Å². The van der Waals surface area contributed by atoms with E-state index in [0.717, 1.165) is 21.3 Å². The fraction of sp³-hybridized carbons (Fsp3) is 0.188. The maximum atomic E-state index is 12.4. The normalized spacial score (nSPS) is 10.3. The van der Waals surface area contributed by atoms with Crippen molar-refractivity contribution in [2.45, 2.75) is 13.3 Å². The quantitative estimate of drug-likeness (QED) is 0.900. The molecule has 0 saturated carbocycles. The van der Waals surface area contributed by atoms with Gasteiger partial charge >= 0.3 is 0 Å². The van der Waals surface area contributed by atoms with Gasteiger partial charge in [0.25, 0.3) is 5.91 Å². The highest BCUT2D eigenvalue weighted by atomic mass is 79.9. The fourth-order valence-corrected chi connectivity index (χ4v) is 2.62. The number of nitrogens with one attached hydrogen (secondary N) is 1. The largest absolute Gasteiger partial charge is 0.330 e. The molecule has 0 saturated heterocycles. The van der Waals surface area contributed by atoms with Gasteiger partial charge in [-0.25, -0.2) is 0 Å². The highest BCUT2D eigenvalue weighted by molar-refractivity contribution is 9.10. The Morgan fingerprint density at radius 3 is 2.70 bits per heavy atom. The molecule has 104 valence electrons. The van der Waals surface area contributed by atoms with Gasteiger partial charge in [0.15, 0.2) is 0 Å². The first-order chi connectivity index (χ1) is 9.61. The van der Waals surface area contributed by atoms with Gasteiger partial charge in [0.05, 0.1) is 5.69 Å². The Morgan fingerprint density at radius 2 is 2.00 bits per heavy atom. The van der Waals surface area contributed by atoms with Crippen LogP contribution < -0.4 is 11.1 Å². The summed E-state index contributed by atoms with van der Waals surface area (Å²) in [6.07, 6.45) is 0.693. The number of hydrogen-bond acceptors (Lipinski definition) is 2. The molecule has 0 fully saturated rings. The van der Waals surface area contributed by atoms with Crippen molar-refractivity contribution in [1.82, 2.24) is 0 Å². The van der Waals surface area contributed by atoms with Crippen LogP contribution in [0.3, 0.4) is 0 Å². The molecule has 0 atom stereocenters. The molecular weight excluding hydrogens is 316 g/mol. The number of hydrogen-bond donors (Lipinski definition) is 2. The maximum Gasteiger partial charge on any atom is 0.255 e. The number of amides is 1. The molecular formula is C16H17BrN2O. The minimum Gasteiger partial charge on any atom is -0.330 e. The van der Waals surface area contributed by atoms with Crippen LogP contribution in [0.1, 0.15) is 21.5 Å². The standard InChI is InChI=1S/C16H17BrN2O/c1-11-6-7-15(14(17)10-11)19-16(20)13-5-3-2-4-12(13)8-9-18/h2-7,10H,8-9,18H2,1H3,(H,19,20). The topological polar surface area (TPSA) is 55.1 Å². The highest BCUT2D eigenvalue weighted by Gasteiger charge is 2.11. The average Bonchev–Trinajstić information content (AvgIpc) is 2.43. The van der Waals surface area contributed by atoms with Crippen molar-refractivity contribution in [1.29, 1.82) is 0 Å². The van der Waals surface area contributed by atoms with Crippen molar-refractivity contribution in [2.24, 2.45) is 5.73 Å². The van der Waals surface area contributed by atoms with Gasteiger partial charge in [-0.2, -0.15) is 0 Å². The van der Waals surface area contributed by atoms with E-state index in [4.69, 9.17) is 5.73 Å². The lowest BCUT2D eigenvalue weighted by Crippen LogP contribution is -2.16. The molecule has 0 spiro atoms. The number of nitrogens with two attached hydrogens (primary N) is 1. The number of rotatable bonds is 4. The summed E-state index contributed by atoms with van der Waals surface area (Å²) in [4.78, 5) is 12.4. The van der Waals surface area contributed by atoms with Gasteiger partial charge in [-0.1, -0.05) is 24.3 Å². The zero-order chi connectivity index (χ0) is 14.5. The lowest BCUT2D eigenvalue weighted by Gasteiger charge is -2.11. The highest BCUT2D eigenvalue weighted by Crippen LogP contribution is 2.24. The van der Waals surface area contributed by atoms with Gasteiger partial charge in [0.1, 0.15) is 0 Å². The summed E-state index contributed by atoms with van der Waals surface area (Å²) in [6, 6.07) is 13.4. The molecule has 0 heterocycles. The summed E-state index contributed by atoms with van der Waals surface area (Å²) < 4.78 is 0.877. The summed E-state index contributed by atoms with van der Waals surface area (Å²) in [5.41, 5.74) is 9.13. The monoisotopic (exact) mass is 332 g/mol. The Balaban J connectivity index is 2.24. The molecule has 2 aromatic carbocycles. The molecule has 0 unspecified atom stereocenters. The molecule has 0 aliphatic carbocycles. The third-order valence-electron chi connectivity index (χ3n) is 3.05. The molecule has 2 aromatic rings. The molecule has 0 radical (unpaired) electrons. The molecule has 20 heavy (non-hydrogen) atoms. The van der Waals surface area contributed by atoms with Crippen LogP contribution in [0.25, 0.3) is 0 Å². The van der Waals surface area contributed by atoms with Gasteiger partial charge in [-0.15, -0.1) is 0 Å². The van der Waals surface area contributed by atoms with Gasteiger partial charge in [0.2, 0.25) is 0 Å². The van der Waals surface area contributed by atoms with Gasteiger partial charge in [0, 0.05) is 10.0 Å². The van der Waals surface area contributed by atoms with Crippen molar-refractivity contribution in [3.05, 3.63) is 63.6 Å². The Labute approximate surface area is 127 Å². The molecule has 1 amide bonds. The van der Waals surface area contributed by atoms with Crippen LogP contribution in [0.5, 0.6) is 0 Å². The van der Waals surface area contributed by atoms with Crippen LogP contribution in [-0.2, 0) is 6.42 Å². The van der Waals surface area contributed by atoms with Crippen molar-refractivity contribution in [2.75, 3.05) is 11.9 Å². The van der Waals surface area contributed by atoms with Gasteiger partial charge < -0.3 is 11.1 Å². The number of benzene rings is 2. The second-order valence-electron chi connectivity index (χ2n) is 4.63. The SMILES string of the molecule is Cc1ccc(NC(=O)c2ccccc2CCN)c(Br)c1. The van der Waals surface area contributed by atoms with Crippen LogP contribution in [0.15, 0.2) is 46.9 Å². The Bertz CT molecular complexity index is 626. The Kier molecular flexibility index (Phi) is 4.93. The van der Waals surface area contributed by atoms with Crippen molar-refractivity contribution in [3.63, 3.8) is 0 Å². The van der Waals surface area contributed by atoms with Gasteiger partial charge in [-0.05, 0) is 65.1 Å². The van der Waals surface area contributed by atoms with E-state index in [9.17, 15) is 4.79 Å². The van der Waals surface area contributed by atoms with E-state index in [-0.39, 0.29) is 5.91 Å². The third-order valence-corrected chi connectivity index (χ3v) is 3.70. The number of halogens is 1. The molecule has 0 bridgehead atoms. The van der Waals surface area contributed by atoms with E-state index in [2.05, 4.69) is 21.2 Å². The fourth-order valence-electron chi connectivity index (χ4n) is 2.03. The molecule has 4 heteroatoms. The van der Waals surface area contributed by atoms with E-state index in [1.165, 1.54) is 0 Å². The van der Waals surface area contributed by atoms with Crippen LogP contribution >= 0.6 is 15.9 Å². The van der Waals surface area contributed by atoms with Crippen LogP contribution in [0.2, 0.25) is 0 Å². The lowest BCUT2D eigenvalue weighted by molar-refractivity contribution is 0.102. The van der Waals surface area contributed by atoms with E-state index in [0.29, 0.717) is 18.5 Å². The minimum atomic E-state index is -0.112. The van der Waals surface area contributed by atoms with Crippen LogP contribution in [0, 0.1) is 6.92 Å². The predicted octanol–water partition coefficient (Wildman–Crippen LogP) is 3.51. The molecule has 0 aliphatic heterocycles. The van der Waals surface area contributed by atoms with Crippen LogP contribution in [-0.4, -0.2) is 12.5 Å². The Hall–Kier alpha value is -1.65. The predicted molar refractivity (Wildman–Crippen MR) is 86.0 cm³/mol. The van der Waals surface area contributed by atoms with Crippen molar-refractivity contribution >= 4 is 27.5 Å². The first-order valence-electron chi connectivity index (χ1n) is 6.47. The summed E-state index contributed by atoms with van der Waals surface area (Å²) in [5.74, 6) is -0.112. The molecule has 3 nitrogen and oxygen atoms in total. The average molecular weight is 333 g/mol. The first kappa shape index (κ1) is 14.8. The number of anilines is 1. The summed E-state index contributed by atoms with van der Waals surface area (Å²) in [7, 11) is 0. The maximum absolute atomic E-state index is 12.4. The number of carbonyl (C=O) groups is 1. The molecule has 0 aliphatic rings. The minimum absolute atomic E-state index is 0.112. The molecule has 3 N–H and O–H groups in total. The van der Waals surface area contributed by atoms with Gasteiger partial charge in [-0.3, -0.25) is 4.79 Å². The zero-order valence-corrected chi connectivity index (χ0v) is 12.9. The zero-order valence-electron chi connectivity index (χ0n) is 11.3. The second-order valence-corrected chi connectivity index (χ2v) is 5.49. The van der Waals surface area contributed by atoms with Crippen molar-refractivity contribution in [3.8, 4) is 0 Å². The molecule has 2 rings (SSSR count). The van der Waals surface area contributed by atoms with E-state index >= 15 is 0 Å². The van der Waals surface area contributed by atoms with E-state index in [1.54, 1.807) is 0 Å². The number of aryl methyl sites for hydroxylation is 1. The first-order valence-corrected chi connectivity index (χ1v) is 7.26. The smallest absolute Gasteiger partial charge is 0.255 e. The van der Waals surface area contributed by atoms with E-state index < -0.39 is 0 Å². The third kappa shape index (κ3) is 3.46. The summed E-state index contributed by atoms with van der Waals surface area (Å²) >= 11 is 3.46. The summed E-state index contributed by atoms with van der Waals surface area (Å²) in [6.45, 7) is 2.53. The summed E-state index contributed by atoms with van der Waals surface area (Å²) in [5, 5.41) is 2.93. The lowest BCUT2D eigenvalue weighted by atomic mass is 10.0. The van der Waals surface area contributed by atoms with E-state index in [1.807, 2.05) is 49.4 Å². The number of carbonyl (C=O) groups excluding carboxylic acids is 1. The van der Waals surface area contributed by atoms with Crippen molar-refractivity contribution < 1.29 is 4.79 Å². The Morgan fingerprint density at radius 1 is 1.25 bits per heavy atom. The molecule has 0 aromatic heterocycles.